The van der Waals surface area contributed by atoms with Gasteiger partial charge in [-0.3, -0.25) is 4.90 Å². The van der Waals surface area contributed by atoms with Crippen LogP contribution in [0.1, 0.15) is 43.2 Å². The molecule has 2 aromatic rings. The van der Waals surface area contributed by atoms with Gasteiger partial charge in [-0.2, -0.15) is 0 Å². The molecule has 4 heterocycles. The molecule has 1 unspecified atom stereocenters. The smallest absolute Gasteiger partial charge is 0.0457 e. The van der Waals surface area contributed by atoms with Crippen molar-refractivity contribution in [1.82, 2.24) is 14.8 Å². The number of nitrogens with one attached hydrogen (secondary N) is 1. The Morgan fingerprint density at radius 3 is 2.96 bits per heavy atom. The lowest BCUT2D eigenvalue weighted by Gasteiger charge is -2.29. The van der Waals surface area contributed by atoms with Crippen molar-refractivity contribution in [1.29, 1.82) is 0 Å². The summed E-state index contributed by atoms with van der Waals surface area (Å²) in [5.74, 6) is 0. The van der Waals surface area contributed by atoms with Crippen molar-refractivity contribution in [3.8, 4) is 0 Å². The Morgan fingerprint density at radius 1 is 1.16 bits per heavy atom. The zero-order chi connectivity index (χ0) is 16.8. The minimum Gasteiger partial charge on any atom is -0.361 e. The highest BCUT2D eigenvalue weighted by atomic mass is 15.2. The average molecular weight is 335 g/mol. The van der Waals surface area contributed by atoms with Crippen molar-refractivity contribution in [2.24, 2.45) is 0 Å². The van der Waals surface area contributed by atoms with E-state index in [1.54, 1.807) is 5.57 Å². The standard InChI is InChI=1S/C22H29N3/c1-24-9-2-4-19(24)13-18-15-23-22-7-6-16(14-21(18)22)17-8-11-25-10-3-5-20(25)12-17/h6-8,14-15,19-20,23H,2-5,9-13H2,1H3/t19-,20?/m1/s1. The summed E-state index contributed by atoms with van der Waals surface area (Å²) in [4.78, 5) is 8.68. The first-order chi connectivity index (χ1) is 12.3. The maximum atomic E-state index is 3.50. The zero-order valence-electron chi connectivity index (χ0n) is 15.3. The molecule has 3 nitrogen and oxygen atoms in total. The lowest BCUT2D eigenvalue weighted by Crippen LogP contribution is -2.32. The Balaban J connectivity index is 1.44. The number of likely N-dealkylation sites (tertiary alicyclic amines) is 1. The summed E-state index contributed by atoms with van der Waals surface area (Å²) in [6.07, 6.45) is 12.6. The van der Waals surface area contributed by atoms with Crippen molar-refractivity contribution in [3.05, 3.63) is 41.6 Å². The molecular weight excluding hydrogens is 306 g/mol. The van der Waals surface area contributed by atoms with E-state index >= 15 is 0 Å². The largest absolute Gasteiger partial charge is 0.361 e. The van der Waals surface area contributed by atoms with Crippen LogP contribution in [0.5, 0.6) is 0 Å². The molecule has 3 aliphatic rings. The lowest BCUT2D eigenvalue weighted by atomic mass is 9.92. The molecule has 1 aromatic heterocycles. The number of benzene rings is 1. The molecule has 2 fully saturated rings. The van der Waals surface area contributed by atoms with Gasteiger partial charge in [0, 0.05) is 35.7 Å². The second-order valence-electron chi connectivity index (χ2n) is 8.28. The number of aromatic amines is 1. The fraction of sp³-hybridized carbons (Fsp3) is 0.545. The van der Waals surface area contributed by atoms with E-state index in [0.29, 0.717) is 6.04 Å². The van der Waals surface area contributed by atoms with E-state index in [9.17, 15) is 0 Å². The number of hydrogen-bond acceptors (Lipinski definition) is 2. The van der Waals surface area contributed by atoms with Gasteiger partial charge < -0.3 is 9.88 Å². The summed E-state index contributed by atoms with van der Waals surface area (Å²) in [5, 5.41) is 1.44. The third-order valence-electron chi connectivity index (χ3n) is 6.79. The highest BCUT2D eigenvalue weighted by Crippen LogP contribution is 2.34. The number of H-pyrrole nitrogens is 1. The fourth-order valence-corrected chi connectivity index (χ4v) is 5.21. The molecule has 0 radical (unpaired) electrons. The van der Waals surface area contributed by atoms with Crippen molar-refractivity contribution < 1.29 is 0 Å². The van der Waals surface area contributed by atoms with Crippen LogP contribution in [-0.2, 0) is 6.42 Å². The van der Waals surface area contributed by atoms with Crippen molar-refractivity contribution in [2.45, 2.75) is 50.6 Å². The van der Waals surface area contributed by atoms with Crippen LogP contribution in [0.25, 0.3) is 16.5 Å². The average Bonchev–Trinajstić information content (AvgIpc) is 3.35. The van der Waals surface area contributed by atoms with Gasteiger partial charge in [-0.1, -0.05) is 12.1 Å². The molecule has 2 saturated heterocycles. The summed E-state index contributed by atoms with van der Waals surface area (Å²) in [5.41, 5.74) is 5.79. The van der Waals surface area contributed by atoms with E-state index in [-0.39, 0.29) is 0 Å². The molecule has 0 spiro atoms. The Labute approximate surface area is 150 Å². The SMILES string of the molecule is CN1CCC[C@@H]1Cc1c[nH]c2ccc(C3=CCN4CCCC4C3)cc12. The predicted octanol–water partition coefficient (Wildman–Crippen LogP) is 4.06. The monoisotopic (exact) mass is 335 g/mol. The van der Waals surface area contributed by atoms with Crippen LogP contribution < -0.4 is 0 Å². The molecule has 132 valence electrons. The van der Waals surface area contributed by atoms with Gasteiger partial charge >= 0.3 is 0 Å². The molecular formula is C22H29N3. The summed E-state index contributed by atoms with van der Waals surface area (Å²) in [6, 6.07) is 8.55. The van der Waals surface area contributed by atoms with Crippen LogP contribution in [0.15, 0.2) is 30.5 Å². The van der Waals surface area contributed by atoms with Crippen LogP contribution in [0.4, 0.5) is 0 Å². The summed E-state index contributed by atoms with van der Waals surface area (Å²) in [7, 11) is 2.28. The first-order valence-corrected chi connectivity index (χ1v) is 10.0. The Hall–Kier alpha value is -1.58. The van der Waals surface area contributed by atoms with Gasteiger partial charge in [0.1, 0.15) is 0 Å². The third-order valence-corrected chi connectivity index (χ3v) is 6.79. The first-order valence-electron chi connectivity index (χ1n) is 10.0. The first kappa shape index (κ1) is 15.7. The topological polar surface area (TPSA) is 22.3 Å². The third kappa shape index (κ3) is 2.84. The molecule has 0 amide bonds. The van der Waals surface area contributed by atoms with E-state index < -0.39 is 0 Å². The Bertz CT molecular complexity index is 803. The van der Waals surface area contributed by atoms with Crippen LogP contribution in [-0.4, -0.2) is 53.5 Å². The van der Waals surface area contributed by atoms with E-state index in [4.69, 9.17) is 0 Å². The number of hydrogen-bond donors (Lipinski definition) is 1. The van der Waals surface area contributed by atoms with Gasteiger partial charge in [0.25, 0.3) is 0 Å². The molecule has 3 heteroatoms. The normalized spacial score (nSPS) is 27.8. The van der Waals surface area contributed by atoms with Gasteiger partial charge in [-0.05, 0) is 87.5 Å². The molecule has 0 saturated carbocycles. The highest BCUT2D eigenvalue weighted by Gasteiger charge is 2.28. The maximum absolute atomic E-state index is 3.50. The number of fused-ring (bicyclic) bond motifs is 2. The van der Waals surface area contributed by atoms with Crippen molar-refractivity contribution in [3.63, 3.8) is 0 Å². The highest BCUT2D eigenvalue weighted by molar-refractivity contribution is 5.87. The molecule has 3 aliphatic heterocycles. The van der Waals surface area contributed by atoms with E-state index in [1.165, 1.54) is 73.6 Å². The van der Waals surface area contributed by atoms with Crippen molar-refractivity contribution in [2.75, 3.05) is 26.7 Å². The second-order valence-corrected chi connectivity index (χ2v) is 8.28. The molecule has 1 N–H and O–H groups in total. The number of likely N-dealkylation sites (N-methyl/N-ethyl adjacent to an activating group) is 1. The molecule has 0 bridgehead atoms. The van der Waals surface area contributed by atoms with Gasteiger partial charge in [-0.15, -0.1) is 0 Å². The van der Waals surface area contributed by atoms with E-state index in [0.717, 1.165) is 12.6 Å². The lowest BCUT2D eigenvalue weighted by molar-refractivity contribution is 0.275. The summed E-state index contributed by atoms with van der Waals surface area (Å²) in [6.45, 7) is 3.69. The van der Waals surface area contributed by atoms with E-state index in [2.05, 4.69) is 52.3 Å². The molecule has 0 aliphatic carbocycles. The van der Waals surface area contributed by atoms with Crippen LogP contribution in [0, 0.1) is 0 Å². The van der Waals surface area contributed by atoms with Crippen molar-refractivity contribution >= 4 is 16.5 Å². The van der Waals surface area contributed by atoms with E-state index in [1.807, 2.05) is 0 Å². The minimum absolute atomic E-state index is 0.712. The van der Waals surface area contributed by atoms with Gasteiger partial charge in [0.2, 0.25) is 0 Å². The quantitative estimate of drug-likeness (QED) is 0.914. The van der Waals surface area contributed by atoms with Gasteiger partial charge in [0.15, 0.2) is 0 Å². The van der Waals surface area contributed by atoms with Crippen LogP contribution >= 0.6 is 0 Å². The van der Waals surface area contributed by atoms with Crippen LogP contribution in [0.2, 0.25) is 0 Å². The molecule has 2 atom stereocenters. The van der Waals surface area contributed by atoms with Gasteiger partial charge in [0.05, 0.1) is 0 Å². The minimum atomic E-state index is 0.712. The molecule has 1 aromatic carbocycles. The van der Waals surface area contributed by atoms with Gasteiger partial charge in [-0.25, -0.2) is 0 Å². The Morgan fingerprint density at radius 2 is 2.08 bits per heavy atom. The predicted molar refractivity (Wildman–Crippen MR) is 105 cm³/mol. The number of nitrogens with zero attached hydrogens (tertiary/aromatic N) is 2. The summed E-state index contributed by atoms with van der Waals surface area (Å²) >= 11 is 0. The maximum Gasteiger partial charge on any atom is 0.0457 e. The fourth-order valence-electron chi connectivity index (χ4n) is 5.21. The van der Waals surface area contributed by atoms with Crippen LogP contribution in [0.3, 0.4) is 0 Å². The molecule has 25 heavy (non-hydrogen) atoms. The number of rotatable bonds is 3. The Kier molecular flexibility index (Phi) is 3.94. The molecule has 5 rings (SSSR count). The summed E-state index contributed by atoms with van der Waals surface area (Å²) < 4.78 is 0. The second kappa shape index (κ2) is 6.30. The number of aromatic nitrogens is 1. The zero-order valence-corrected chi connectivity index (χ0v) is 15.3.